The lowest BCUT2D eigenvalue weighted by Crippen LogP contribution is -2.34. The highest BCUT2D eigenvalue weighted by molar-refractivity contribution is 6.11. The molecule has 2 amide bonds. The van der Waals surface area contributed by atoms with Crippen LogP contribution in [0.15, 0.2) is 42.6 Å². The molecule has 1 atom stereocenters. The number of fused-ring (bicyclic) bond motifs is 1. The molecule has 5 nitrogen and oxygen atoms in total. The minimum atomic E-state index is -0.335. The predicted octanol–water partition coefficient (Wildman–Crippen LogP) is 3.10. The first-order valence-corrected chi connectivity index (χ1v) is 8.78. The quantitative estimate of drug-likeness (QED) is 0.866. The molecule has 2 aliphatic rings. The molecule has 1 aromatic heterocycles. The van der Waals surface area contributed by atoms with E-state index in [4.69, 9.17) is 0 Å². The molecule has 0 bridgehead atoms. The molecule has 1 fully saturated rings. The number of amides is 2. The van der Waals surface area contributed by atoms with E-state index in [2.05, 4.69) is 4.98 Å². The van der Waals surface area contributed by atoms with E-state index in [1.165, 1.54) is 0 Å². The van der Waals surface area contributed by atoms with Gasteiger partial charge in [-0.25, -0.2) is 0 Å². The Morgan fingerprint density at radius 1 is 1.20 bits per heavy atom. The van der Waals surface area contributed by atoms with Crippen LogP contribution in [-0.4, -0.2) is 34.8 Å². The zero-order chi connectivity index (χ0) is 17.4. The summed E-state index contributed by atoms with van der Waals surface area (Å²) >= 11 is 0. The van der Waals surface area contributed by atoms with E-state index in [9.17, 15) is 9.59 Å². The maximum absolute atomic E-state index is 13.0. The third kappa shape index (κ3) is 2.80. The first-order valence-electron chi connectivity index (χ1n) is 8.78. The molecule has 1 saturated heterocycles. The monoisotopic (exact) mass is 335 g/mol. The van der Waals surface area contributed by atoms with Crippen molar-refractivity contribution in [2.45, 2.75) is 32.2 Å². The van der Waals surface area contributed by atoms with Crippen molar-refractivity contribution in [1.82, 2.24) is 9.88 Å². The molecule has 4 rings (SSSR count). The van der Waals surface area contributed by atoms with Crippen LogP contribution in [-0.2, 0) is 4.79 Å². The van der Waals surface area contributed by atoms with Crippen LogP contribution in [0, 0.1) is 6.92 Å². The van der Waals surface area contributed by atoms with Crippen molar-refractivity contribution in [2.24, 2.45) is 0 Å². The summed E-state index contributed by atoms with van der Waals surface area (Å²) in [5.41, 5.74) is 3.21. The van der Waals surface area contributed by atoms with Crippen LogP contribution in [0.25, 0.3) is 0 Å². The highest BCUT2D eigenvalue weighted by Crippen LogP contribution is 2.38. The molecular formula is C20H21N3O2. The number of hydrogen-bond donors (Lipinski definition) is 0. The number of likely N-dealkylation sites (tertiary alicyclic amines) is 1. The lowest BCUT2D eigenvalue weighted by atomic mass is 10.1. The van der Waals surface area contributed by atoms with Crippen LogP contribution in [0.1, 0.15) is 46.9 Å². The Morgan fingerprint density at radius 3 is 2.76 bits per heavy atom. The number of benzene rings is 1. The molecule has 0 radical (unpaired) electrons. The molecule has 1 aromatic carbocycles. The zero-order valence-electron chi connectivity index (χ0n) is 14.3. The van der Waals surface area contributed by atoms with Gasteiger partial charge in [-0.05, 0) is 49.6 Å². The van der Waals surface area contributed by atoms with E-state index in [1.807, 2.05) is 36.1 Å². The number of hydrogen-bond acceptors (Lipinski definition) is 3. The first-order chi connectivity index (χ1) is 12.1. The predicted molar refractivity (Wildman–Crippen MR) is 95.4 cm³/mol. The average molecular weight is 335 g/mol. The summed E-state index contributed by atoms with van der Waals surface area (Å²) in [6.07, 6.45) is 4.10. The number of rotatable bonds is 3. The topological polar surface area (TPSA) is 53.5 Å². The Kier molecular flexibility index (Phi) is 3.99. The van der Waals surface area contributed by atoms with Gasteiger partial charge in [0.15, 0.2) is 0 Å². The normalized spacial score (nSPS) is 19.4. The number of nitrogens with zero attached hydrogens (tertiary/aromatic N) is 3. The fourth-order valence-corrected chi connectivity index (χ4v) is 3.78. The second-order valence-corrected chi connectivity index (χ2v) is 6.76. The summed E-state index contributed by atoms with van der Waals surface area (Å²) < 4.78 is 0. The number of anilines is 1. The van der Waals surface area contributed by atoms with E-state index in [1.54, 1.807) is 23.2 Å². The van der Waals surface area contributed by atoms with Crippen molar-refractivity contribution in [3.05, 3.63) is 59.4 Å². The molecule has 25 heavy (non-hydrogen) atoms. The lowest BCUT2D eigenvalue weighted by molar-refractivity contribution is -0.130. The lowest BCUT2D eigenvalue weighted by Gasteiger charge is -2.26. The average Bonchev–Trinajstić information content (AvgIpc) is 3.23. The third-order valence-corrected chi connectivity index (χ3v) is 5.02. The maximum Gasteiger partial charge on any atom is 0.260 e. The second-order valence-electron chi connectivity index (χ2n) is 6.76. The van der Waals surface area contributed by atoms with Crippen molar-refractivity contribution in [1.29, 1.82) is 0 Å². The van der Waals surface area contributed by atoms with Crippen LogP contribution in [0.3, 0.4) is 0 Å². The van der Waals surface area contributed by atoms with Gasteiger partial charge in [0.05, 0.1) is 23.7 Å². The Balaban J connectivity index is 1.71. The standard InChI is InChI=1S/C20H21N3O2/c1-14-6-4-7-15(12-14)23-17(13-18(24)22-10-2-3-11-22)19-16(20(23)25)8-5-9-21-19/h4-9,12,17H,2-3,10-11,13H2,1H3/t17-/m0/s1. The van der Waals surface area contributed by atoms with Gasteiger partial charge in [-0.1, -0.05) is 12.1 Å². The summed E-state index contributed by atoms with van der Waals surface area (Å²) in [6, 6.07) is 11.1. The van der Waals surface area contributed by atoms with Crippen LogP contribution < -0.4 is 4.90 Å². The van der Waals surface area contributed by atoms with Gasteiger partial charge in [0.1, 0.15) is 0 Å². The van der Waals surface area contributed by atoms with Crippen molar-refractivity contribution >= 4 is 17.5 Å². The van der Waals surface area contributed by atoms with Gasteiger partial charge in [0.2, 0.25) is 5.91 Å². The van der Waals surface area contributed by atoms with Crippen molar-refractivity contribution in [3.63, 3.8) is 0 Å². The minimum absolute atomic E-state index is 0.0760. The number of pyridine rings is 1. The molecule has 128 valence electrons. The van der Waals surface area contributed by atoms with Crippen LogP contribution >= 0.6 is 0 Å². The number of aromatic nitrogens is 1. The smallest absolute Gasteiger partial charge is 0.260 e. The molecule has 2 aromatic rings. The van der Waals surface area contributed by atoms with Crippen molar-refractivity contribution < 1.29 is 9.59 Å². The van der Waals surface area contributed by atoms with Crippen LogP contribution in [0.5, 0.6) is 0 Å². The summed E-state index contributed by atoms with van der Waals surface area (Å²) in [4.78, 5) is 33.8. The van der Waals surface area contributed by atoms with E-state index in [0.717, 1.165) is 37.2 Å². The first kappa shape index (κ1) is 15.8. The number of carbonyl (C=O) groups excluding carboxylic acids is 2. The largest absolute Gasteiger partial charge is 0.343 e. The molecule has 0 aliphatic carbocycles. The molecule has 0 saturated carbocycles. The summed E-state index contributed by atoms with van der Waals surface area (Å²) in [5, 5.41) is 0. The fraction of sp³-hybridized carbons (Fsp3) is 0.350. The number of aryl methyl sites for hydroxylation is 1. The van der Waals surface area contributed by atoms with E-state index >= 15 is 0 Å². The van der Waals surface area contributed by atoms with Gasteiger partial charge in [0.25, 0.3) is 5.91 Å². The maximum atomic E-state index is 13.0. The zero-order valence-corrected chi connectivity index (χ0v) is 14.3. The molecule has 0 unspecified atom stereocenters. The molecule has 0 N–H and O–H groups in total. The molecule has 3 heterocycles. The van der Waals surface area contributed by atoms with Gasteiger partial charge >= 0.3 is 0 Å². The van der Waals surface area contributed by atoms with Crippen molar-refractivity contribution in [3.8, 4) is 0 Å². The Bertz CT molecular complexity index is 827. The summed E-state index contributed by atoms with van der Waals surface area (Å²) in [5.74, 6) is 0.0272. The molecule has 0 spiro atoms. The molecule has 2 aliphatic heterocycles. The van der Waals surface area contributed by atoms with Gasteiger partial charge in [-0.2, -0.15) is 0 Å². The van der Waals surface area contributed by atoms with Gasteiger partial charge in [-0.3, -0.25) is 19.5 Å². The second kappa shape index (κ2) is 6.31. The highest BCUT2D eigenvalue weighted by atomic mass is 16.2. The number of carbonyl (C=O) groups is 2. The van der Waals surface area contributed by atoms with E-state index < -0.39 is 0 Å². The fourth-order valence-electron chi connectivity index (χ4n) is 3.78. The SMILES string of the molecule is Cc1cccc(N2C(=O)c3cccnc3[C@@H]2CC(=O)N2CCCC2)c1. The van der Waals surface area contributed by atoms with E-state index in [-0.39, 0.29) is 24.3 Å². The molecular weight excluding hydrogens is 314 g/mol. The Hall–Kier alpha value is -2.69. The third-order valence-electron chi connectivity index (χ3n) is 5.02. The van der Waals surface area contributed by atoms with Crippen LogP contribution in [0.2, 0.25) is 0 Å². The van der Waals surface area contributed by atoms with Crippen LogP contribution in [0.4, 0.5) is 5.69 Å². The van der Waals surface area contributed by atoms with Gasteiger partial charge in [-0.15, -0.1) is 0 Å². The minimum Gasteiger partial charge on any atom is -0.343 e. The van der Waals surface area contributed by atoms with Gasteiger partial charge in [0, 0.05) is 25.0 Å². The van der Waals surface area contributed by atoms with Gasteiger partial charge < -0.3 is 4.90 Å². The summed E-state index contributed by atoms with van der Waals surface area (Å²) in [6.45, 7) is 3.64. The Labute approximate surface area is 147 Å². The van der Waals surface area contributed by atoms with E-state index in [0.29, 0.717) is 11.3 Å². The van der Waals surface area contributed by atoms with Crippen molar-refractivity contribution in [2.75, 3.05) is 18.0 Å². The Morgan fingerprint density at radius 2 is 2.00 bits per heavy atom. The highest BCUT2D eigenvalue weighted by Gasteiger charge is 2.40. The summed E-state index contributed by atoms with van der Waals surface area (Å²) in [7, 11) is 0. The molecule has 5 heteroatoms.